The zero-order chi connectivity index (χ0) is 25.1. The maximum absolute atomic E-state index is 14.1. The Hall–Kier alpha value is -2.49. The lowest BCUT2D eigenvalue weighted by Gasteiger charge is -2.39. The lowest BCUT2D eigenvalue weighted by atomic mass is 9.75. The van der Waals surface area contributed by atoms with E-state index in [1.54, 1.807) is 18.3 Å². The van der Waals surface area contributed by atoms with Crippen molar-refractivity contribution in [1.82, 2.24) is 14.5 Å². The highest BCUT2D eigenvalue weighted by Gasteiger charge is 2.37. The molecule has 2 aromatic rings. The predicted octanol–water partition coefficient (Wildman–Crippen LogP) is 2.97. The minimum absolute atomic E-state index is 0.177. The van der Waals surface area contributed by atoms with E-state index in [2.05, 4.69) is 51.0 Å². The zero-order valence-corrected chi connectivity index (χ0v) is 21.5. The van der Waals surface area contributed by atoms with Crippen LogP contribution >= 0.6 is 0 Å². The van der Waals surface area contributed by atoms with Crippen LogP contribution in [0.15, 0.2) is 53.5 Å². The molecule has 1 aliphatic carbocycles. The van der Waals surface area contributed by atoms with Gasteiger partial charge in [0.05, 0.1) is 12.9 Å². The van der Waals surface area contributed by atoms with Crippen LogP contribution in [0.1, 0.15) is 35.4 Å². The Morgan fingerprint density at radius 3 is 2.69 bits per heavy atom. The first-order valence-electron chi connectivity index (χ1n) is 12.8. The standard InChI is InChI=1S/C27H35FN4O3S/c1-31-18-27(29-19-31)36(33,34)30-12-14-35-23-9-7-21-8-10-26(32-13-11-22(28)17-32)25(24(21)16-23)15-20-5-3-2-4-6-20/h2-7,9,16,19,22,25-27,30H,8,10-15,17-18H2,1H3. The first-order valence-corrected chi connectivity index (χ1v) is 14.3. The quantitative estimate of drug-likeness (QED) is 0.521. The molecule has 36 heavy (non-hydrogen) atoms. The smallest absolute Gasteiger partial charge is 0.236 e. The van der Waals surface area contributed by atoms with Crippen molar-refractivity contribution in [3.63, 3.8) is 0 Å². The van der Waals surface area contributed by atoms with Gasteiger partial charge in [0.2, 0.25) is 10.0 Å². The fraction of sp³-hybridized carbons (Fsp3) is 0.519. The second-order valence-electron chi connectivity index (χ2n) is 10.1. The van der Waals surface area contributed by atoms with Gasteiger partial charge < -0.3 is 9.64 Å². The number of alkyl halides is 1. The molecule has 5 rings (SSSR count). The van der Waals surface area contributed by atoms with Gasteiger partial charge in [-0.1, -0.05) is 36.4 Å². The third-order valence-corrected chi connectivity index (χ3v) is 9.12. The molecular formula is C27H35FN4O3S. The zero-order valence-electron chi connectivity index (χ0n) is 20.7. The number of sulfonamides is 1. The maximum atomic E-state index is 14.1. The van der Waals surface area contributed by atoms with Crippen LogP contribution in [0.2, 0.25) is 0 Å². The van der Waals surface area contributed by atoms with Gasteiger partial charge in [0.15, 0.2) is 5.37 Å². The Bertz CT molecular complexity index is 1180. The molecule has 0 bridgehead atoms. The Kier molecular flexibility index (Phi) is 7.60. The van der Waals surface area contributed by atoms with Crippen molar-refractivity contribution in [2.45, 2.75) is 49.2 Å². The number of likely N-dealkylation sites (N-methyl/N-ethyl adjacent to an activating group) is 1. The number of nitrogens with one attached hydrogen (secondary N) is 1. The van der Waals surface area contributed by atoms with E-state index in [0.717, 1.165) is 31.6 Å². The molecule has 9 heteroatoms. The summed E-state index contributed by atoms with van der Waals surface area (Å²) >= 11 is 0. The number of aryl methyl sites for hydroxylation is 1. The largest absolute Gasteiger partial charge is 0.492 e. The van der Waals surface area contributed by atoms with Crippen molar-refractivity contribution in [2.24, 2.45) is 4.99 Å². The van der Waals surface area contributed by atoms with E-state index in [9.17, 15) is 12.8 Å². The van der Waals surface area contributed by atoms with Crippen LogP contribution in [0.3, 0.4) is 0 Å². The molecule has 3 aliphatic rings. The van der Waals surface area contributed by atoms with Crippen LogP contribution in [0, 0.1) is 0 Å². The lowest BCUT2D eigenvalue weighted by Crippen LogP contribution is -2.42. The number of aliphatic imine (C=N–C) groups is 1. The van der Waals surface area contributed by atoms with Gasteiger partial charge in [0.1, 0.15) is 18.5 Å². The highest BCUT2D eigenvalue weighted by Crippen LogP contribution is 2.40. The molecule has 4 atom stereocenters. The minimum atomic E-state index is -3.53. The molecule has 0 aromatic heterocycles. The number of ether oxygens (including phenoxy) is 1. The summed E-state index contributed by atoms with van der Waals surface area (Å²) in [5.41, 5.74) is 3.86. The second kappa shape index (κ2) is 10.9. The number of hydrogen-bond acceptors (Lipinski definition) is 6. The molecule has 0 amide bonds. The molecule has 2 heterocycles. The average molecular weight is 515 g/mol. The Labute approximate surface area is 213 Å². The molecule has 0 spiro atoms. The van der Waals surface area contributed by atoms with Gasteiger partial charge >= 0.3 is 0 Å². The molecule has 2 aromatic carbocycles. The van der Waals surface area contributed by atoms with E-state index < -0.39 is 21.6 Å². The van der Waals surface area contributed by atoms with Gasteiger partial charge in [-0.25, -0.2) is 17.5 Å². The fourth-order valence-corrected chi connectivity index (χ4v) is 6.91. The normalized spacial score (nSPS) is 26.3. The molecule has 4 unspecified atom stereocenters. The lowest BCUT2D eigenvalue weighted by molar-refractivity contribution is 0.174. The summed E-state index contributed by atoms with van der Waals surface area (Å²) in [6.45, 7) is 2.08. The molecule has 1 N–H and O–H groups in total. The monoisotopic (exact) mass is 514 g/mol. The predicted molar refractivity (Wildman–Crippen MR) is 140 cm³/mol. The molecule has 194 valence electrons. The van der Waals surface area contributed by atoms with Crippen molar-refractivity contribution in [3.8, 4) is 5.75 Å². The summed E-state index contributed by atoms with van der Waals surface area (Å²) in [4.78, 5) is 8.13. The minimum Gasteiger partial charge on any atom is -0.492 e. The SMILES string of the molecule is CN1C=NC(S(=O)(=O)NCCOc2ccc3c(c2)C(Cc2ccccc2)C(N2CCC(F)C2)CC3)C1. The van der Waals surface area contributed by atoms with E-state index in [-0.39, 0.29) is 19.1 Å². The van der Waals surface area contributed by atoms with E-state index in [0.29, 0.717) is 25.6 Å². The van der Waals surface area contributed by atoms with Gasteiger partial charge in [0, 0.05) is 38.6 Å². The number of hydrogen-bond donors (Lipinski definition) is 1. The van der Waals surface area contributed by atoms with Crippen LogP contribution in [0.4, 0.5) is 4.39 Å². The molecule has 7 nitrogen and oxygen atoms in total. The molecular weight excluding hydrogens is 479 g/mol. The van der Waals surface area contributed by atoms with Crippen LogP contribution < -0.4 is 9.46 Å². The number of benzene rings is 2. The Balaban J connectivity index is 1.28. The first-order chi connectivity index (χ1) is 17.4. The van der Waals surface area contributed by atoms with Gasteiger partial charge in [-0.3, -0.25) is 9.89 Å². The van der Waals surface area contributed by atoms with Crippen molar-refractivity contribution < 1.29 is 17.5 Å². The third kappa shape index (κ3) is 5.74. The first kappa shape index (κ1) is 25.2. The molecule has 1 fully saturated rings. The fourth-order valence-electron chi connectivity index (χ4n) is 5.70. The second-order valence-corrected chi connectivity index (χ2v) is 12.0. The van der Waals surface area contributed by atoms with Gasteiger partial charge in [-0.05, 0) is 54.5 Å². The van der Waals surface area contributed by atoms with E-state index in [1.165, 1.54) is 16.7 Å². The van der Waals surface area contributed by atoms with Crippen molar-refractivity contribution in [3.05, 3.63) is 65.2 Å². The van der Waals surface area contributed by atoms with Crippen molar-refractivity contribution in [2.75, 3.05) is 39.8 Å². The Morgan fingerprint density at radius 1 is 1.14 bits per heavy atom. The summed E-state index contributed by atoms with van der Waals surface area (Å²) in [5.74, 6) is 0.982. The Morgan fingerprint density at radius 2 is 1.97 bits per heavy atom. The number of fused-ring (bicyclic) bond motifs is 1. The maximum Gasteiger partial charge on any atom is 0.236 e. The van der Waals surface area contributed by atoms with Crippen LogP contribution in [0.25, 0.3) is 0 Å². The number of halogens is 1. The van der Waals surface area contributed by atoms with E-state index >= 15 is 0 Å². The molecule has 0 saturated carbocycles. The molecule has 0 radical (unpaired) electrons. The van der Waals surface area contributed by atoms with E-state index in [4.69, 9.17) is 4.74 Å². The third-order valence-electron chi connectivity index (χ3n) is 7.53. The van der Waals surface area contributed by atoms with Gasteiger partial charge in [-0.2, -0.15) is 0 Å². The van der Waals surface area contributed by atoms with Crippen molar-refractivity contribution in [1.29, 1.82) is 0 Å². The molecule has 2 aliphatic heterocycles. The topological polar surface area (TPSA) is 74.2 Å². The van der Waals surface area contributed by atoms with Crippen LogP contribution in [-0.2, 0) is 22.9 Å². The summed E-state index contributed by atoms with van der Waals surface area (Å²) in [7, 11) is -1.73. The highest BCUT2D eigenvalue weighted by atomic mass is 32.2. The summed E-state index contributed by atoms with van der Waals surface area (Å²) < 4.78 is 47.6. The summed E-state index contributed by atoms with van der Waals surface area (Å²) in [6.07, 6.45) is 4.31. The van der Waals surface area contributed by atoms with Gasteiger partial charge in [-0.15, -0.1) is 0 Å². The number of likely N-dealkylation sites (tertiary alicyclic amines) is 1. The number of nitrogens with zero attached hydrogens (tertiary/aromatic N) is 3. The van der Waals surface area contributed by atoms with Gasteiger partial charge in [0.25, 0.3) is 0 Å². The highest BCUT2D eigenvalue weighted by molar-refractivity contribution is 7.90. The van der Waals surface area contributed by atoms with Crippen LogP contribution in [-0.4, -0.2) is 82.0 Å². The summed E-state index contributed by atoms with van der Waals surface area (Å²) in [5, 5.41) is -0.781. The average Bonchev–Trinajstić information content (AvgIpc) is 3.51. The molecule has 1 saturated heterocycles. The van der Waals surface area contributed by atoms with Crippen LogP contribution in [0.5, 0.6) is 5.75 Å². The summed E-state index contributed by atoms with van der Waals surface area (Å²) in [6, 6.07) is 17.0. The number of rotatable bonds is 9. The van der Waals surface area contributed by atoms with Crippen molar-refractivity contribution >= 4 is 16.4 Å². The van der Waals surface area contributed by atoms with E-state index in [1.807, 2.05) is 12.1 Å².